The fraction of sp³-hybridized carbons (Fsp3) is 0.636. The number of carboxylic acids is 1. The van der Waals surface area contributed by atoms with Gasteiger partial charge in [-0.3, -0.25) is 4.79 Å². The molecule has 5 heteroatoms. The molecule has 0 heterocycles. The molecule has 0 bridgehead atoms. The van der Waals surface area contributed by atoms with Crippen molar-refractivity contribution in [3.63, 3.8) is 0 Å². The van der Waals surface area contributed by atoms with Crippen molar-refractivity contribution in [1.82, 2.24) is 10.6 Å². The number of hydrogen-bond donors (Lipinski definition) is 3. The summed E-state index contributed by atoms with van der Waals surface area (Å²) in [6.45, 7) is 5.27. The third-order valence-corrected chi connectivity index (χ3v) is 1.99. The summed E-state index contributed by atoms with van der Waals surface area (Å²) in [5, 5.41) is 14.3. The van der Waals surface area contributed by atoms with Gasteiger partial charge in [-0.15, -0.1) is 0 Å². The average molecular weight is 228 g/mol. The molecular weight excluding hydrogens is 208 g/mol. The van der Waals surface area contributed by atoms with E-state index in [0.29, 0.717) is 31.6 Å². The van der Waals surface area contributed by atoms with Crippen molar-refractivity contribution in [2.75, 3.05) is 19.6 Å². The largest absolute Gasteiger partial charge is 0.478 e. The van der Waals surface area contributed by atoms with Gasteiger partial charge in [-0.05, 0) is 13.3 Å². The van der Waals surface area contributed by atoms with E-state index in [1.807, 2.05) is 6.92 Å². The van der Waals surface area contributed by atoms with Gasteiger partial charge < -0.3 is 15.7 Å². The molecule has 0 aromatic heterocycles. The van der Waals surface area contributed by atoms with Crippen LogP contribution in [0.3, 0.4) is 0 Å². The molecule has 16 heavy (non-hydrogen) atoms. The zero-order valence-electron chi connectivity index (χ0n) is 9.88. The lowest BCUT2D eigenvalue weighted by atomic mass is 10.3. The van der Waals surface area contributed by atoms with Gasteiger partial charge in [0.25, 0.3) is 0 Å². The van der Waals surface area contributed by atoms with E-state index in [4.69, 9.17) is 5.11 Å². The second kappa shape index (κ2) is 8.91. The lowest BCUT2D eigenvalue weighted by molar-refractivity contribution is -0.132. The van der Waals surface area contributed by atoms with Crippen molar-refractivity contribution in [1.29, 1.82) is 0 Å². The van der Waals surface area contributed by atoms with Crippen LogP contribution < -0.4 is 10.6 Å². The van der Waals surface area contributed by atoms with Gasteiger partial charge in [0.15, 0.2) is 0 Å². The summed E-state index contributed by atoms with van der Waals surface area (Å²) in [5.41, 5.74) is 0.308. The highest BCUT2D eigenvalue weighted by molar-refractivity contribution is 5.85. The maximum absolute atomic E-state index is 11.1. The second-order valence-electron chi connectivity index (χ2n) is 3.50. The number of carbonyl (C=O) groups is 2. The van der Waals surface area contributed by atoms with Gasteiger partial charge >= 0.3 is 5.97 Å². The number of nitrogens with one attached hydrogen (secondary N) is 2. The van der Waals surface area contributed by atoms with Crippen molar-refractivity contribution in [2.24, 2.45) is 0 Å². The zero-order chi connectivity index (χ0) is 12.4. The molecule has 0 spiro atoms. The Balaban J connectivity index is 3.50. The summed E-state index contributed by atoms with van der Waals surface area (Å²) in [5.74, 6) is -0.893. The van der Waals surface area contributed by atoms with E-state index in [1.165, 1.54) is 6.92 Å². The smallest absolute Gasteiger partial charge is 0.330 e. The number of aliphatic carboxylic acids is 1. The Hall–Kier alpha value is -1.36. The maximum atomic E-state index is 11.1. The van der Waals surface area contributed by atoms with Gasteiger partial charge in [-0.1, -0.05) is 13.0 Å². The molecule has 0 aromatic carbocycles. The van der Waals surface area contributed by atoms with Crippen molar-refractivity contribution < 1.29 is 14.7 Å². The molecule has 0 fully saturated rings. The average Bonchev–Trinajstić information content (AvgIpc) is 2.25. The van der Waals surface area contributed by atoms with Crippen LogP contribution in [-0.4, -0.2) is 36.6 Å². The molecule has 5 nitrogen and oxygen atoms in total. The minimum absolute atomic E-state index is 0.0216. The van der Waals surface area contributed by atoms with Gasteiger partial charge in [-0.2, -0.15) is 0 Å². The zero-order valence-corrected chi connectivity index (χ0v) is 9.88. The lowest BCUT2D eigenvalue weighted by Gasteiger charge is -2.03. The normalized spacial score (nSPS) is 11.2. The summed E-state index contributed by atoms with van der Waals surface area (Å²) in [7, 11) is 0. The van der Waals surface area contributed by atoms with E-state index < -0.39 is 5.97 Å². The first-order valence-electron chi connectivity index (χ1n) is 5.45. The first-order valence-corrected chi connectivity index (χ1v) is 5.45. The third kappa shape index (κ3) is 7.99. The summed E-state index contributed by atoms with van der Waals surface area (Å²) in [6, 6.07) is 0. The van der Waals surface area contributed by atoms with E-state index in [0.717, 1.165) is 6.42 Å². The first-order chi connectivity index (χ1) is 7.57. The van der Waals surface area contributed by atoms with Gasteiger partial charge in [0, 0.05) is 31.6 Å². The van der Waals surface area contributed by atoms with E-state index in [9.17, 15) is 9.59 Å². The van der Waals surface area contributed by atoms with Crippen molar-refractivity contribution in [3.8, 4) is 0 Å². The Morgan fingerprint density at radius 3 is 2.56 bits per heavy atom. The predicted molar refractivity (Wildman–Crippen MR) is 62.2 cm³/mol. The van der Waals surface area contributed by atoms with Crippen LogP contribution in [0.4, 0.5) is 0 Å². The highest BCUT2D eigenvalue weighted by Gasteiger charge is 1.99. The number of carboxylic acid groups (broad SMARTS) is 1. The molecule has 0 aliphatic carbocycles. The molecule has 92 valence electrons. The third-order valence-electron chi connectivity index (χ3n) is 1.99. The van der Waals surface area contributed by atoms with E-state index in [1.54, 1.807) is 6.08 Å². The quantitative estimate of drug-likeness (QED) is 0.418. The fourth-order valence-corrected chi connectivity index (χ4v) is 0.969. The Labute approximate surface area is 95.9 Å². The highest BCUT2D eigenvalue weighted by atomic mass is 16.4. The van der Waals surface area contributed by atoms with Crippen LogP contribution in [0.1, 0.15) is 26.7 Å². The fourth-order valence-electron chi connectivity index (χ4n) is 0.969. The van der Waals surface area contributed by atoms with Crippen molar-refractivity contribution in [2.45, 2.75) is 26.7 Å². The summed E-state index contributed by atoms with van der Waals surface area (Å²) in [4.78, 5) is 21.6. The molecule has 0 rings (SSSR count). The van der Waals surface area contributed by atoms with Crippen LogP contribution in [0.5, 0.6) is 0 Å². The molecule has 0 radical (unpaired) electrons. The number of amides is 1. The van der Waals surface area contributed by atoms with Crippen LogP contribution in [0.25, 0.3) is 0 Å². The molecule has 0 saturated heterocycles. The van der Waals surface area contributed by atoms with Gasteiger partial charge in [0.05, 0.1) is 0 Å². The Morgan fingerprint density at radius 1 is 1.31 bits per heavy atom. The van der Waals surface area contributed by atoms with E-state index in [2.05, 4.69) is 10.6 Å². The van der Waals surface area contributed by atoms with Gasteiger partial charge in [0.2, 0.25) is 5.91 Å². The van der Waals surface area contributed by atoms with Crippen LogP contribution in [-0.2, 0) is 9.59 Å². The first kappa shape index (κ1) is 14.6. The number of hydrogen-bond acceptors (Lipinski definition) is 3. The van der Waals surface area contributed by atoms with Gasteiger partial charge in [0.1, 0.15) is 0 Å². The van der Waals surface area contributed by atoms with E-state index >= 15 is 0 Å². The molecule has 0 aliphatic rings. The van der Waals surface area contributed by atoms with Crippen molar-refractivity contribution in [3.05, 3.63) is 11.6 Å². The Kier molecular flexibility index (Phi) is 8.15. The minimum atomic E-state index is -0.914. The summed E-state index contributed by atoms with van der Waals surface area (Å²) >= 11 is 0. The Bertz CT molecular complexity index is 262. The standard InChI is InChI=1S/C11H20N2O3/c1-3-6-13-10(14)5-8-12-7-4-9(2)11(15)16/h4,12H,3,5-8H2,1-2H3,(H,13,14)(H,15,16)/b9-4-. The highest BCUT2D eigenvalue weighted by Crippen LogP contribution is 1.89. The lowest BCUT2D eigenvalue weighted by Crippen LogP contribution is -2.28. The van der Waals surface area contributed by atoms with Crippen LogP contribution in [0.15, 0.2) is 11.6 Å². The molecule has 0 aromatic rings. The topological polar surface area (TPSA) is 78.4 Å². The van der Waals surface area contributed by atoms with Crippen LogP contribution >= 0.6 is 0 Å². The molecule has 0 atom stereocenters. The predicted octanol–water partition coefficient (Wildman–Crippen LogP) is 0.523. The molecule has 0 aliphatic heterocycles. The number of carbonyl (C=O) groups excluding carboxylic acids is 1. The van der Waals surface area contributed by atoms with Gasteiger partial charge in [-0.25, -0.2) is 4.79 Å². The van der Waals surface area contributed by atoms with Crippen LogP contribution in [0.2, 0.25) is 0 Å². The van der Waals surface area contributed by atoms with E-state index in [-0.39, 0.29) is 5.91 Å². The molecule has 1 amide bonds. The monoisotopic (exact) mass is 228 g/mol. The molecule has 0 saturated carbocycles. The van der Waals surface area contributed by atoms with Crippen LogP contribution in [0, 0.1) is 0 Å². The molecular formula is C11H20N2O3. The second-order valence-corrected chi connectivity index (χ2v) is 3.50. The minimum Gasteiger partial charge on any atom is -0.478 e. The summed E-state index contributed by atoms with van der Waals surface area (Å²) in [6.07, 6.45) is 2.94. The number of rotatable bonds is 8. The van der Waals surface area contributed by atoms with Crippen molar-refractivity contribution >= 4 is 11.9 Å². The molecule has 3 N–H and O–H groups in total. The molecule has 0 unspecified atom stereocenters. The Morgan fingerprint density at radius 2 is 2.00 bits per heavy atom. The summed E-state index contributed by atoms with van der Waals surface area (Å²) < 4.78 is 0. The SMILES string of the molecule is CCCNC(=O)CCNC/C=C(/C)C(=O)O. The maximum Gasteiger partial charge on any atom is 0.330 e.